The van der Waals surface area contributed by atoms with Gasteiger partial charge in [0, 0.05) is 13.1 Å². The van der Waals surface area contributed by atoms with Crippen molar-refractivity contribution in [1.29, 1.82) is 0 Å². The van der Waals surface area contributed by atoms with Gasteiger partial charge in [-0.05, 0) is 12.3 Å². The molecule has 6 nitrogen and oxygen atoms in total. The first kappa shape index (κ1) is 16.5. The third-order valence-corrected chi connectivity index (χ3v) is 3.21. The van der Waals surface area contributed by atoms with Gasteiger partial charge in [-0.3, -0.25) is 0 Å². The number of halogens is 3. The minimum Gasteiger partial charge on any atom is -0.480 e. The lowest BCUT2D eigenvalue weighted by Crippen LogP contribution is -2.52. The number of alkyl halides is 3. The molecule has 1 rings (SSSR count). The van der Waals surface area contributed by atoms with Gasteiger partial charge in [-0.25, -0.2) is 9.59 Å². The summed E-state index contributed by atoms with van der Waals surface area (Å²) in [5, 5.41) is 17.8. The lowest BCUT2D eigenvalue weighted by atomic mass is 10.0. The molecule has 0 aromatic rings. The summed E-state index contributed by atoms with van der Waals surface area (Å²) < 4.78 is 37.2. The first-order chi connectivity index (χ1) is 9.17. The van der Waals surface area contributed by atoms with Gasteiger partial charge in [0.05, 0.1) is 6.61 Å². The number of aliphatic hydroxyl groups is 1. The first-order valence-corrected chi connectivity index (χ1v) is 6.13. The fourth-order valence-electron chi connectivity index (χ4n) is 2.30. The predicted octanol–water partition coefficient (Wildman–Crippen LogP) is 0.758. The molecule has 1 aliphatic rings. The van der Waals surface area contributed by atoms with Crippen molar-refractivity contribution in [3.05, 3.63) is 0 Å². The van der Waals surface area contributed by atoms with Gasteiger partial charge in [-0.2, -0.15) is 13.2 Å². The van der Waals surface area contributed by atoms with Crippen LogP contribution < -0.4 is 0 Å². The van der Waals surface area contributed by atoms with Crippen LogP contribution in [0.25, 0.3) is 0 Å². The molecule has 9 heteroatoms. The highest BCUT2D eigenvalue weighted by molar-refractivity contribution is 5.83. The van der Waals surface area contributed by atoms with Crippen LogP contribution in [0.5, 0.6) is 0 Å². The third-order valence-electron chi connectivity index (χ3n) is 3.21. The Morgan fingerprint density at radius 2 is 2.00 bits per heavy atom. The monoisotopic (exact) mass is 298 g/mol. The van der Waals surface area contributed by atoms with Crippen LogP contribution in [0.2, 0.25) is 0 Å². The normalized spacial score (nSPS) is 22.9. The molecule has 0 radical (unpaired) electrons. The third kappa shape index (κ3) is 3.99. The second kappa shape index (κ2) is 6.29. The van der Waals surface area contributed by atoms with Gasteiger partial charge in [0.25, 0.3) is 0 Å². The summed E-state index contributed by atoms with van der Waals surface area (Å²) in [5.41, 5.74) is 0. The van der Waals surface area contributed by atoms with Gasteiger partial charge in [-0.1, -0.05) is 6.92 Å². The lowest BCUT2D eigenvalue weighted by molar-refractivity contribution is -0.145. The van der Waals surface area contributed by atoms with Crippen LogP contribution in [-0.4, -0.2) is 70.5 Å². The topological polar surface area (TPSA) is 81.1 Å². The van der Waals surface area contributed by atoms with Gasteiger partial charge >= 0.3 is 18.2 Å². The molecule has 1 saturated heterocycles. The zero-order valence-electron chi connectivity index (χ0n) is 10.9. The van der Waals surface area contributed by atoms with E-state index in [1.807, 2.05) is 0 Å². The molecule has 2 atom stereocenters. The van der Waals surface area contributed by atoms with Crippen molar-refractivity contribution in [3.8, 4) is 0 Å². The number of nitrogens with zero attached hydrogens (tertiary/aromatic N) is 2. The van der Waals surface area contributed by atoms with Crippen LogP contribution in [0.1, 0.15) is 13.3 Å². The minimum atomic E-state index is -4.60. The first-order valence-electron chi connectivity index (χ1n) is 6.13. The summed E-state index contributed by atoms with van der Waals surface area (Å²) in [5.74, 6) is -1.56. The molecule has 116 valence electrons. The van der Waals surface area contributed by atoms with Crippen molar-refractivity contribution in [2.24, 2.45) is 5.92 Å². The Hall–Kier alpha value is -1.51. The largest absolute Gasteiger partial charge is 0.480 e. The highest BCUT2D eigenvalue weighted by atomic mass is 19.4. The van der Waals surface area contributed by atoms with E-state index >= 15 is 0 Å². The zero-order valence-corrected chi connectivity index (χ0v) is 10.9. The highest BCUT2D eigenvalue weighted by Gasteiger charge is 2.43. The van der Waals surface area contributed by atoms with Crippen molar-refractivity contribution in [3.63, 3.8) is 0 Å². The smallest absolute Gasteiger partial charge is 0.406 e. The van der Waals surface area contributed by atoms with Crippen LogP contribution in [0, 0.1) is 5.92 Å². The van der Waals surface area contributed by atoms with Gasteiger partial charge in [0.1, 0.15) is 12.6 Å². The number of aliphatic hydroxyl groups excluding tert-OH is 1. The van der Waals surface area contributed by atoms with E-state index < -0.39 is 43.9 Å². The van der Waals surface area contributed by atoms with E-state index in [4.69, 9.17) is 10.2 Å². The van der Waals surface area contributed by atoms with E-state index in [0.717, 1.165) is 4.90 Å². The molecule has 0 aliphatic carbocycles. The molecule has 1 aliphatic heterocycles. The van der Waals surface area contributed by atoms with E-state index in [1.54, 1.807) is 6.92 Å². The number of urea groups is 1. The van der Waals surface area contributed by atoms with Crippen molar-refractivity contribution in [2.45, 2.75) is 25.6 Å². The molecule has 2 unspecified atom stereocenters. The minimum absolute atomic E-state index is 0.0940. The van der Waals surface area contributed by atoms with Crippen LogP contribution in [0.3, 0.4) is 0 Å². The van der Waals surface area contributed by atoms with Gasteiger partial charge < -0.3 is 20.0 Å². The van der Waals surface area contributed by atoms with Gasteiger partial charge in [0.2, 0.25) is 0 Å². The summed E-state index contributed by atoms with van der Waals surface area (Å²) >= 11 is 0. The summed E-state index contributed by atoms with van der Waals surface area (Å²) in [7, 11) is 0. The molecule has 2 N–H and O–H groups in total. The molecule has 0 saturated carbocycles. The number of carbonyl (C=O) groups is 2. The molecular formula is C11H17F3N2O4. The fraction of sp³-hybridized carbons (Fsp3) is 0.818. The second-order valence-electron chi connectivity index (χ2n) is 4.79. The molecular weight excluding hydrogens is 281 g/mol. The lowest BCUT2D eigenvalue weighted by Gasteiger charge is -2.31. The molecule has 1 heterocycles. The Morgan fingerprint density at radius 1 is 1.40 bits per heavy atom. The molecule has 0 spiro atoms. The van der Waals surface area contributed by atoms with Crippen molar-refractivity contribution >= 4 is 12.0 Å². The molecule has 1 fully saturated rings. The second-order valence-corrected chi connectivity index (χ2v) is 4.79. The van der Waals surface area contributed by atoms with E-state index in [1.165, 1.54) is 0 Å². The molecule has 20 heavy (non-hydrogen) atoms. The number of likely N-dealkylation sites (tertiary alicyclic amines) is 1. The van der Waals surface area contributed by atoms with Crippen molar-refractivity contribution in [1.82, 2.24) is 9.80 Å². The maximum absolute atomic E-state index is 12.4. The summed E-state index contributed by atoms with van der Waals surface area (Å²) in [4.78, 5) is 24.5. The van der Waals surface area contributed by atoms with Gasteiger partial charge in [-0.15, -0.1) is 0 Å². The average Bonchev–Trinajstić information content (AvgIpc) is 2.68. The van der Waals surface area contributed by atoms with Crippen molar-refractivity contribution in [2.75, 3.05) is 26.2 Å². The average molecular weight is 298 g/mol. The number of carboxylic acid groups (broad SMARTS) is 1. The number of hydrogen-bond acceptors (Lipinski definition) is 3. The van der Waals surface area contributed by atoms with Crippen LogP contribution in [-0.2, 0) is 4.79 Å². The van der Waals surface area contributed by atoms with Crippen LogP contribution in [0.4, 0.5) is 18.0 Å². The van der Waals surface area contributed by atoms with Crippen LogP contribution >= 0.6 is 0 Å². The Morgan fingerprint density at radius 3 is 2.45 bits per heavy atom. The SMILES string of the molecule is CC1CCN(C(=O)N(CCO)CC(F)(F)F)C1C(=O)O. The summed E-state index contributed by atoms with van der Waals surface area (Å²) in [6, 6.07) is -2.13. The Bertz CT molecular complexity index is 375. The van der Waals surface area contributed by atoms with Crippen LogP contribution in [0.15, 0.2) is 0 Å². The number of amides is 2. The zero-order chi connectivity index (χ0) is 15.5. The quantitative estimate of drug-likeness (QED) is 0.803. The Balaban J connectivity index is 2.86. The summed E-state index contributed by atoms with van der Waals surface area (Å²) in [6.45, 7) is -0.898. The van der Waals surface area contributed by atoms with Crippen molar-refractivity contribution < 1.29 is 33.0 Å². The number of carbonyl (C=O) groups excluding carboxylic acids is 1. The number of hydrogen-bond donors (Lipinski definition) is 2. The predicted molar refractivity (Wildman–Crippen MR) is 62.0 cm³/mol. The summed E-state index contributed by atoms with van der Waals surface area (Å²) in [6.07, 6.45) is -4.18. The Labute approximate surface area is 113 Å². The van der Waals surface area contributed by atoms with E-state index in [9.17, 15) is 22.8 Å². The van der Waals surface area contributed by atoms with Gasteiger partial charge in [0.15, 0.2) is 0 Å². The fourth-order valence-corrected chi connectivity index (χ4v) is 2.30. The number of carboxylic acids is 1. The standard InChI is InChI=1S/C11H17F3N2O4/c1-7-2-3-16(8(7)9(18)19)10(20)15(4-5-17)6-11(12,13)14/h7-8,17H,2-6H2,1H3,(H,18,19). The van der Waals surface area contributed by atoms with E-state index in [-0.39, 0.29) is 12.5 Å². The molecule has 0 bridgehead atoms. The molecule has 0 aromatic heterocycles. The number of rotatable bonds is 4. The molecule has 2 amide bonds. The number of aliphatic carboxylic acids is 1. The van der Waals surface area contributed by atoms with E-state index in [0.29, 0.717) is 11.3 Å². The van der Waals surface area contributed by atoms with E-state index in [2.05, 4.69) is 0 Å². The Kier molecular flexibility index (Phi) is 5.21. The molecule has 0 aromatic carbocycles. The maximum atomic E-state index is 12.4. The maximum Gasteiger partial charge on any atom is 0.406 e. The highest BCUT2D eigenvalue weighted by Crippen LogP contribution is 2.26.